The molecule has 0 saturated carbocycles. The summed E-state index contributed by atoms with van der Waals surface area (Å²) in [6.07, 6.45) is 3.18. The molecule has 0 atom stereocenters. The molecule has 0 fully saturated rings. The minimum Gasteiger partial charge on any atom is -0.506 e. The highest BCUT2D eigenvalue weighted by Crippen LogP contribution is 2.21. The summed E-state index contributed by atoms with van der Waals surface area (Å²) < 4.78 is 0. The Bertz CT molecular complexity index is 961. The molecule has 0 heterocycles. The van der Waals surface area contributed by atoms with Crippen LogP contribution in [0, 0.1) is 0 Å². The maximum Gasteiger partial charge on any atom is 0.250 e. The fourth-order valence-corrected chi connectivity index (χ4v) is 2.66. The molecule has 4 nitrogen and oxygen atoms in total. The second-order valence-electron chi connectivity index (χ2n) is 5.36. The van der Waals surface area contributed by atoms with Gasteiger partial charge in [-0.15, -0.1) is 0 Å². The van der Waals surface area contributed by atoms with Crippen molar-refractivity contribution in [1.82, 2.24) is 5.32 Å². The number of fused-ring (bicyclic) bond motifs is 1. The fraction of sp³-hybridized carbons (Fsp3) is 0. The number of hydrogen-bond donors (Lipinski definition) is 3. The van der Waals surface area contributed by atoms with Crippen LogP contribution in [0.3, 0.4) is 0 Å². The van der Waals surface area contributed by atoms with Crippen molar-refractivity contribution in [3.05, 3.63) is 78.4 Å². The van der Waals surface area contributed by atoms with Crippen LogP contribution in [-0.4, -0.2) is 16.1 Å². The van der Waals surface area contributed by atoms with Gasteiger partial charge in [0.1, 0.15) is 5.75 Å². The Morgan fingerprint density at radius 1 is 0.960 bits per heavy atom. The van der Waals surface area contributed by atoms with Gasteiger partial charge in [0.25, 0.3) is 0 Å². The molecule has 3 N–H and O–H groups in total. The van der Waals surface area contributed by atoms with E-state index in [1.165, 1.54) is 12.1 Å². The third-order valence-corrected chi connectivity index (χ3v) is 3.83. The first-order chi connectivity index (χ1) is 12.1. The predicted molar refractivity (Wildman–Crippen MR) is 105 cm³/mol. The highest BCUT2D eigenvalue weighted by atomic mass is 32.1. The number of rotatable bonds is 3. The molecular formula is C20H16N2O2S. The van der Waals surface area contributed by atoms with Crippen LogP contribution in [0.15, 0.2) is 72.8 Å². The number of nitrogens with one attached hydrogen (secondary N) is 2. The summed E-state index contributed by atoms with van der Waals surface area (Å²) in [5, 5.41) is 17.3. The van der Waals surface area contributed by atoms with Gasteiger partial charge in [-0.3, -0.25) is 10.1 Å². The van der Waals surface area contributed by atoms with Gasteiger partial charge in [-0.25, -0.2) is 0 Å². The zero-order valence-corrected chi connectivity index (χ0v) is 14.1. The molecule has 0 bridgehead atoms. The second-order valence-corrected chi connectivity index (χ2v) is 5.77. The molecule has 0 aromatic heterocycles. The molecule has 5 heteroatoms. The molecule has 0 aliphatic rings. The van der Waals surface area contributed by atoms with E-state index in [9.17, 15) is 9.90 Å². The Hall–Kier alpha value is -3.18. The number of amides is 1. The third kappa shape index (κ3) is 4.22. The highest BCUT2D eigenvalue weighted by Gasteiger charge is 2.05. The van der Waals surface area contributed by atoms with E-state index in [1.54, 1.807) is 24.3 Å². The van der Waals surface area contributed by atoms with Gasteiger partial charge >= 0.3 is 0 Å². The molecule has 1 amide bonds. The molecule has 3 aromatic rings. The third-order valence-electron chi connectivity index (χ3n) is 3.63. The number of carbonyl (C=O) groups is 1. The largest absolute Gasteiger partial charge is 0.506 e. The van der Waals surface area contributed by atoms with Crippen LogP contribution in [0.5, 0.6) is 5.75 Å². The number of aromatic hydroxyl groups is 1. The van der Waals surface area contributed by atoms with Crippen LogP contribution < -0.4 is 10.6 Å². The molecule has 0 unspecified atom stereocenters. The topological polar surface area (TPSA) is 61.4 Å². The zero-order valence-electron chi connectivity index (χ0n) is 13.3. The molecule has 0 aliphatic heterocycles. The normalized spacial score (nSPS) is 10.7. The van der Waals surface area contributed by atoms with Crippen molar-refractivity contribution in [2.75, 3.05) is 5.32 Å². The summed E-state index contributed by atoms with van der Waals surface area (Å²) in [5.74, 6) is -0.286. The monoisotopic (exact) mass is 348 g/mol. The molecule has 0 spiro atoms. The Morgan fingerprint density at radius 2 is 1.68 bits per heavy atom. The van der Waals surface area contributed by atoms with Gasteiger partial charge in [0.15, 0.2) is 5.11 Å². The fourth-order valence-electron chi connectivity index (χ4n) is 2.45. The number of thiocarbonyl (C=S) groups is 1. The van der Waals surface area contributed by atoms with Crippen LogP contribution in [-0.2, 0) is 4.79 Å². The molecule has 3 aromatic carbocycles. The van der Waals surface area contributed by atoms with E-state index in [1.807, 2.05) is 42.5 Å². The Balaban J connectivity index is 1.66. The van der Waals surface area contributed by atoms with E-state index in [4.69, 9.17) is 12.2 Å². The lowest BCUT2D eigenvalue weighted by molar-refractivity contribution is -0.115. The van der Waals surface area contributed by atoms with Gasteiger partial charge in [-0.1, -0.05) is 54.6 Å². The van der Waals surface area contributed by atoms with E-state index in [0.29, 0.717) is 5.69 Å². The van der Waals surface area contributed by atoms with E-state index in [2.05, 4.69) is 10.6 Å². The predicted octanol–water partition coefficient (Wildman–Crippen LogP) is 4.07. The number of carbonyl (C=O) groups excluding carboxylic acids is 1. The van der Waals surface area contributed by atoms with Crippen molar-refractivity contribution < 1.29 is 9.90 Å². The van der Waals surface area contributed by atoms with Gasteiger partial charge in [0.2, 0.25) is 5.91 Å². The molecule has 3 rings (SSSR count). The van der Waals surface area contributed by atoms with Crippen molar-refractivity contribution in [1.29, 1.82) is 0 Å². The summed E-state index contributed by atoms with van der Waals surface area (Å²) in [4.78, 5) is 12.1. The second kappa shape index (κ2) is 7.59. The number of hydrogen-bond acceptors (Lipinski definition) is 3. The minimum atomic E-state index is -0.346. The van der Waals surface area contributed by atoms with Crippen LogP contribution >= 0.6 is 12.2 Å². The van der Waals surface area contributed by atoms with Gasteiger partial charge in [0.05, 0.1) is 5.69 Å². The van der Waals surface area contributed by atoms with Crippen LogP contribution in [0.1, 0.15) is 5.56 Å². The van der Waals surface area contributed by atoms with Gasteiger partial charge in [-0.05, 0) is 46.8 Å². The van der Waals surface area contributed by atoms with Crippen LogP contribution in [0.2, 0.25) is 0 Å². The van der Waals surface area contributed by atoms with E-state index in [0.717, 1.165) is 16.3 Å². The first-order valence-electron chi connectivity index (χ1n) is 7.69. The summed E-state index contributed by atoms with van der Waals surface area (Å²) >= 11 is 5.09. The zero-order chi connectivity index (χ0) is 17.6. The molecule has 0 saturated heterocycles. The Kier molecular flexibility index (Phi) is 5.06. The number of anilines is 1. The number of phenolic OH excluding ortho intramolecular Hbond substituents is 1. The molecule has 124 valence electrons. The first-order valence-corrected chi connectivity index (χ1v) is 8.10. The van der Waals surface area contributed by atoms with Crippen LogP contribution in [0.4, 0.5) is 5.69 Å². The number of phenols is 1. The standard InChI is InChI=1S/C20H16N2O2S/c23-18-11-4-3-10-17(18)21-20(25)22-19(24)13-12-15-8-5-7-14-6-1-2-9-16(14)15/h1-13,23H,(H2,21,22,24,25). The maximum absolute atomic E-state index is 12.1. The lowest BCUT2D eigenvalue weighted by atomic mass is 10.0. The molecular weight excluding hydrogens is 332 g/mol. The maximum atomic E-state index is 12.1. The van der Waals surface area contributed by atoms with Gasteiger partial charge in [0, 0.05) is 6.08 Å². The number of benzene rings is 3. The van der Waals surface area contributed by atoms with E-state index < -0.39 is 0 Å². The van der Waals surface area contributed by atoms with Gasteiger partial charge in [-0.2, -0.15) is 0 Å². The smallest absolute Gasteiger partial charge is 0.250 e. The quantitative estimate of drug-likeness (QED) is 0.379. The highest BCUT2D eigenvalue weighted by molar-refractivity contribution is 7.80. The summed E-state index contributed by atoms with van der Waals surface area (Å²) in [6, 6.07) is 20.6. The molecule has 0 aliphatic carbocycles. The number of para-hydroxylation sites is 2. The van der Waals surface area contributed by atoms with E-state index >= 15 is 0 Å². The Labute approximate surface area is 150 Å². The van der Waals surface area contributed by atoms with Crippen LogP contribution in [0.25, 0.3) is 16.8 Å². The van der Waals surface area contributed by atoms with Crippen molar-refractivity contribution in [2.45, 2.75) is 0 Å². The van der Waals surface area contributed by atoms with E-state index in [-0.39, 0.29) is 16.8 Å². The SMILES string of the molecule is O=C(C=Cc1cccc2ccccc12)NC(=S)Nc1ccccc1O. The van der Waals surface area contributed by atoms with Gasteiger partial charge < -0.3 is 10.4 Å². The van der Waals surface area contributed by atoms with Crippen molar-refractivity contribution in [2.24, 2.45) is 0 Å². The first kappa shape index (κ1) is 16.7. The summed E-state index contributed by atoms with van der Waals surface area (Å²) in [7, 11) is 0. The average molecular weight is 348 g/mol. The summed E-state index contributed by atoms with van der Waals surface area (Å²) in [6.45, 7) is 0. The van der Waals surface area contributed by atoms with Crippen molar-refractivity contribution >= 4 is 45.8 Å². The minimum absolute atomic E-state index is 0.0606. The van der Waals surface area contributed by atoms with Crippen molar-refractivity contribution in [3.63, 3.8) is 0 Å². The molecule has 25 heavy (non-hydrogen) atoms. The van der Waals surface area contributed by atoms with Crippen molar-refractivity contribution in [3.8, 4) is 5.75 Å². The average Bonchev–Trinajstić information content (AvgIpc) is 2.62. The molecule has 0 radical (unpaired) electrons. The summed E-state index contributed by atoms with van der Waals surface area (Å²) in [5.41, 5.74) is 1.39. The lowest BCUT2D eigenvalue weighted by Crippen LogP contribution is -2.32. The lowest BCUT2D eigenvalue weighted by Gasteiger charge is -2.09. The Morgan fingerprint density at radius 3 is 2.52 bits per heavy atom.